The zero-order chi connectivity index (χ0) is 20.4. The average molecular weight is 415 g/mol. The van der Waals surface area contributed by atoms with Gasteiger partial charge >= 0.3 is 5.97 Å². The van der Waals surface area contributed by atoms with Crippen molar-refractivity contribution in [3.63, 3.8) is 0 Å². The first-order valence-corrected chi connectivity index (χ1v) is 11.0. The van der Waals surface area contributed by atoms with Gasteiger partial charge in [0.25, 0.3) is 0 Å². The molecule has 1 aromatic carbocycles. The maximum Gasteiger partial charge on any atom is 0.356 e. The summed E-state index contributed by atoms with van der Waals surface area (Å²) in [5.41, 5.74) is 2.30. The van der Waals surface area contributed by atoms with Crippen LogP contribution in [0.4, 0.5) is 5.69 Å². The molecule has 6 heteroatoms. The first-order chi connectivity index (χ1) is 13.8. The second kappa shape index (κ2) is 6.49. The minimum atomic E-state index is -0.448. The van der Waals surface area contributed by atoms with Gasteiger partial charge in [-0.2, -0.15) is 0 Å². The van der Waals surface area contributed by atoms with Gasteiger partial charge in [0.15, 0.2) is 0 Å². The second-order valence-electron chi connectivity index (χ2n) is 9.49. The lowest BCUT2D eigenvalue weighted by Crippen LogP contribution is -2.57. The molecule has 1 amide bonds. The SMILES string of the molecule is CCOC(=O)c1[nH]c2ccc(C)cc2c1NC(=O)C12C[C@@H]3C[C@H](CC(Cl)(C3)C1)C2. The highest BCUT2D eigenvalue weighted by atomic mass is 35.5. The smallest absolute Gasteiger partial charge is 0.356 e. The fourth-order valence-electron chi connectivity index (χ4n) is 6.45. The van der Waals surface area contributed by atoms with E-state index in [1.807, 2.05) is 25.1 Å². The van der Waals surface area contributed by atoms with Gasteiger partial charge in [0.2, 0.25) is 5.91 Å². The lowest BCUT2D eigenvalue weighted by atomic mass is 9.49. The van der Waals surface area contributed by atoms with Crippen LogP contribution >= 0.6 is 11.6 Å². The number of carbonyl (C=O) groups excluding carboxylic acids is 2. The van der Waals surface area contributed by atoms with Crippen molar-refractivity contribution in [2.24, 2.45) is 17.3 Å². The summed E-state index contributed by atoms with van der Waals surface area (Å²) in [6.45, 7) is 4.05. The molecule has 4 saturated carbocycles. The number of ether oxygens (including phenoxy) is 1. The minimum Gasteiger partial charge on any atom is -0.461 e. The van der Waals surface area contributed by atoms with Crippen molar-refractivity contribution in [1.82, 2.24) is 4.98 Å². The predicted molar refractivity (Wildman–Crippen MR) is 113 cm³/mol. The topological polar surface area (TPSA) is 71.2 Å². The number of fused-ring (bicyclic) bond motifs is 1. The third-order valence-electron chi connectivity index (χ3n) is 7.14. The Hall–Kier alpha value is -2.01. The van der Waals surface area contributed by atoms with Gasteiger partial charge in [0.05, 0.1) is 17.7 Å². The minimum absolute atomic E-state index is 0.00424. The number of H-pyrrole nitrogens is 1. The number of aromatic nitrogens is 1. The number of hydrogen-bond donors (Lipinski definition) is 2. The second-order valence-corrected chi connectivity index (χ2v) is 10.3. The van der Waals surface area contributed by atoms with Gasteiger partial charge in [0.1, 0.15) is 5.69 Å². The molecule has 4 bridgehead atoms. The number of nitrogens with one attached hydrogen (secondary N) is 2. The maximum absolute atomic E-state index is 13.6. The van der Waals surface area contributed by atoms with E-state index < -0.39 is 11.4 Å². The van der Waals surface area contributed by atoms with Crippen LogP contribution in [0.5, 0.6) is 0 Å². The zero-order valence-electron chi connectivity index (χ0n) is 16.9. The first-order valence-electron chi connectivity index (χ1n) is 10.6. The molecular weight excluding hydrogens is 388 g/mol. The number of rotatable bonds is 4. The van der Waals surface area contributed by atoms with Gasteiger partial charge in [-0.25, -0.2) is 4.79 Å². The number of amides is 1. The standard InChI is InChI=1S/C23H27ClN2O3/c1-3-29-20(27)19-18(16-6-13(2)4-5-17(16)25-19)26-21(28)22-8-14-7-15(9-22)11-23(24,10-14)12-22/h4-6,14-15,25H,3,7-12H2,1-2H3,(H,26,28)/t14-,15-,22?,23?/m0/s1. The maximum atomic E-state index is 13.6. The van der Waals surface area contributed by atoms with Crippen molar-refractivity contribution < 1.29 is 14.3 Å². The fraction of sp³-hybridized carbons (Fsp3) is 0.565. The van der Waals surface area contributed by atoms with E-state index in [0.717, 1.165) is 48.6 Å². The number of hydrogen-bond acceptors (Lipinski definition) is 3. The van der Waals surface area contributed by atoms with Crippen LogP contribution in [0.1, 0.15) is 61.5 Å². The van der Waals surface area contributed by atoms with E-state index in [4.69, 9.17) is 16.3 Å². The molecule has 0 saturated heterocycles. The lowest BCUT2D eigenvalue weighted by molar-refractivity contribution is -0.138. The molecule has 1 aromatic heterocycles. The Balaban J connectivity index is 1.53. The number of halogens is 1. The molecule has 1 heterocycles. The van der Waals surface area contributed by atoms with E-state index in [1.54, 1.807) is 6.92 Å². The van der Waals surface area contributed by atoms with Crippen molar-refractivity contribution >= 4 is 40.1 Å². The summed E-state index contributed by atoms with van der Waals surface area (Å²) in [5, 5.41) is 3.98. The van der Waals surface area contributed by atoms with Crippen LogP contribution in [0.2, 0.25) is 0 Å². The van der Waals surface area contributed by atoms with E-state index in [9.17, 15) is 9.59 Å². The number of aromatic amines is 1. The molecule has 29 heavy (non-hydrogen) atoms. The Morgan fingerprint density at radius 2 is 1.97 bits per heavy atom. The van der Waals surface area contributed by atoms with Crippen LogP contribution in [-0.4, -0.2) is 28.3 Å². The Kier molecular flexibility index (Phi) is 4.25. The van der Waals surface area contributed by atoms with Gasteiger partial charge < -0.3 is 15.0 Å². The van der Waals surface area contributed by atoms with Crippen molar-refractivity contribution in [3.8, 4) is 0 Å². The molecule has 0 radical (unpaired) electrons. The largest absolute Gasteiger partial charge is 0.461 e. The zero-order valence-corrected chi connectivity index (χ0v) is 17.7. The molecule has 2 N–H and O–H groups in total. The molecule has 2 atom stereocenters. The highest BCUT2D eigenvalue weighted by molar-refractivity contribution is 6.24. The average Bonchev–Trinajstić information content (AvgIpc) is 2.98. The van der Waals surface area contributed by atoms with Crippen LogP contribution in [0.25, 0.3) is 10.9 Å². The third kappa shape index (κ3) is 3.05. The summed E-state index contributed by atoms with van der Waals surface area (Å²) in [5.74, 6) is 0.629. The van der Waals surface area contributed by atoms with Crippen LogP contribution < -0.4 is 5.32 Å². The Bertz CT molecular complexity index is 997. The van der Waals surface area contributed by atoms with Crippen molar-refractivity contribution in [2.75, 3.05) is 11.9 Å². The molecule has 5 nitrogen and oxygen atoms in total. The van der Waals surface area contributed by atoms with Gasteiger partial charge in [-0.1, -0.05) is 11.6 Å². The van der Waals surface area contributed by atoms with Crippen molar-refractivity contribution in [3.05, 3.63) is 29.5 Å². The monoisotopic (exact) mass is 414 g/mol. The van der Waals surface area contributed by atoms with Crippen molar-refractivity contribution in [2.45, 2.75) is 57.2 Å². The summed E-state index contributed by atoms with van der Waals surface area (Å²) in [7, 11) is 0. The summed E-state index contributed by atoms with van der Waals surface area (Å²) in [6.07, 6.45) is 5.79. The summed E-state index contributed by atoms with van der Waals surface area (Å²) in [6, 6.07) is 5.91. The first kappa shape index (κ1) is 19.0. The molecule has 4 aliphatic rings. The number of benzene rings is 1. The lowest BCUT2D eigenvalue weighted by Gasteiger charge is -2.59. The number of esters is 1. The van der Waals surface area contributed by atoms with E-state index in [2.05, 4.69) is 10.3 Å². The normalized spacial score (nSPS) is 32.5. The Morgan fingerprint density at radius 3 is 2.62 bits per heavy atom. The van der Waals surface area contributed by atoms with E-state index in [1.165, 1.54) is 6.42 Å². The summed E-state index contributed by atoms with van der Waals surface area (Å²) in [4.78, 5) is 29.1. The summed E-state index contributed by atoms with van der Waals surface area (Å²) < 4.78 is 5.23. The molecule has 154 valence electrons. The van der Waals surface area contributed by atoms with Crippen LogP contribution in [0.15, 0.2) is 18.2 Å². The number of carbonyl (C=O) groups is 2. The quantitative estimate of drug-likeness (QED) is 0.535. The molecule has 0 unspecified atom stereocenters. The summed E-state index contributed by atoms with van der Waals surface area (Å²) >= 11 is 6.92. The Labute approximate surface area is 175 Å². The Morgan fingerprint density at radius 1 is 1.24 bits per heavy atom. The number of alkyl halides is 1. The van der Waals surface area contributed by atoms with Crippen molar-refractivity contribution in [1.29, 1.82) is 0 Å². The van der Waals surface area contributed by atoms with Crippen LogP contribution in [0, 0.1) is 24.2 Å². The molecule has 0 spiro atoms. The highest BCUT2D eigenvalue weighted by Gasteiger charge is 2.60. The molecular formula is C23H27ClN2O3. The molecule has 0 aliphatic heterocycles. The van der Waals surface area contributed by atoms with E-state index >= 15 is 0 Å². The van der Waals surface area contributed by atoms with Gasteiger partial charge in [-0.3, -0.25) is 4.79 Å². The molecule has 4 fully saturated rings. The number of anilines is 1. The fourth-order valence-corrected chi connectivity index (χ4v) is 7.15. The molecule has 4 aliphatic carbocycles. The van der Waals surface area contributed by atoms with Gasteiger partial charge in [-0.15, -0.1) is 11.6 Å². The van der Waals surface area contributed by atoms with Crippen LogP contribution in [-0.2, 0) is 9.53 Å². The van der Waals surface area contributed by atoms with E-state index in [-0.39, 0.29) is 17.4 Å². The third-order valence-corrected chi connectivity index (χ3v) is 7.59. The van der Waals surface area contributed by atoms with E-state index in [0.29, 0.717) is 23.2 Å². The van der Waals surface area contributed by atoms with Gasteiger partial charge in [0, 0.05) is 15.8 Å². The van der Waals surface area contributed by atoms with Gasteiger partial charge in [-0.05, 0) is 76.3 Å². The molecule has 6 rings (SSSR count). The van der Waals surface area contributed by atoms with Crippen LogP contribution in [0.3, 0.4) is 0 Å². The number of aryl methyl sites for hydroxylation is 1. The highest BCUT2D eigenvalue weighted by Crippen LogP contribution is 2.64. The molecule has 2 aromatic rings. The predicted octanol–water partition coefficient (Wildman–Crippen LogP) is 5.17.